The summed E-state index contributed by atoms with van der Waals surface area (Å²) in [7, 11) is 3.19. The fraction of sp³-hybridized carbons (Fsp3) is 0.409. The normalized spacial score (nSPS) is 19.0. The summed E-state index contributed by atoms with van der Waals surface area (Å²) < 4.78 is 16.3. The van der Waals surface area contributed by atoms with E-state index in [1.807, 2.05) is 30.3 Å². The molecule has 0 saturated carbocycles. The van der Waals surface area contributed by atoms with Crippen LogP contribution in [-0.2, 0) is 0 Å². The lowest BCUT2D eigenvalue weighted by atomic mass is 10.1. The Morgan fingerprint density at radius 1 is 1.07 bits per heavy atom. The van der Waals surface area contributed by atoms with Crippen LogP contribution in [0.1, 0.15) is 12.8 Å². The van der Waals surface area contributed by atoms with Gasteiger partial charge in [0.1, 0.15) is 5.82 Å². The summed E-state index contributed by atoms with van der Waals surface area (Å²) in [6, 6.07) is 10.3. The van der Waals surface area contributed by atoms with E-state index in [0.717, 1.165) is 31.0 Å². The van der Waals surface area contributed by atoms with Gasteiger partial charge < -0.3 is 18.9 Å². The van der Waals surface area contributed by atoms with Crippen LogP contribution in [0, 0.1) is 0 Å². The first kappa shape index (κ1) is 18.9. The molecule has 0 radical (unpaired) electrons. The Hall–Kier alpha value is -3.13. The first-order valence-electron chi connectivity index (χ1n) is 10.3. The molecule has 8 nitrogen and oxygen atoms in total. The van der Waals surface area contributed by atoms with Crippen LogP contribution < -0.4 is 14.4 Å². The second-order valence-electron chi connectivity index (χ2n) is 7.65. The fourth-order valence-electron chi connectivity index (χ4n) is 4.41. The Morgan fingerprint density at radius 3 is 2.80 bits per heavy atom. The van der Waals surface area contributed by atoms with E-state index in [0.29, 0.717) is 34.8 Å². The first-order chi connectivity index (χ1) is 14.8. The molecule has 2 saturated heterocycles. The van der Waals surface area contributed by atoms with Crippen LogP contribution in [0.25, 0.3) is 22.8 Å². The Kier molecular flexibility index (Phi) is 5.00. The van der Waals surface area contributed by atoms with E-state index >= 15 is 0 Å². The van der Waals surface area contributed by atoms with Crippen molar-refractivity contribution >= 4 is 5.82 Å². The van der Waals surface area contributed by atoms with Crippen molar-refractivity contribution < 1.29 is 14.0 Å². The number of hydrogen-bond acceptors (Lipinski definition) is 8. The van der Waals surface area contributed by atoms with E-state index in [1.165, 1.54) is 19.4 Å². The molecule has 30 heavy (non-hydrogen) atoms. The number of rotatable bonds is 5. The molecule has 5 rings (SSSR count). The Bertz CT molecular complexity index is 1020. The lowest BCUT2D eigenvalue weighted by molar-refractivity contribution is 0.230. The van der Waals surface area contributed by atoms with E-state index < -0.39 is 0 Å². The molecule has 2 aromatic heterocycles. The first-order valence-corrected chi connectivity index (χ1v) is 10.3. The van der Waals surface area contributed by atoms with Crippen molar-refractivity contribution in [3.8, 4) is 34.3 Å². The van der Waals surface area contributed by atoms with Gasteiger partial charge in [-0.3, -0.25) is 4.90 Å². The van der Waals surface area contributed by atoms with Crippen molar-refractivity contribution in [1.82, 2.24) is 20.0 Å². The van der Waals surface area contributed by atoms with E-state index in [9.17, 15) is 0 Å². The Balaban J connectivity index is 1.36. The number of ether oxygens (including phenoxy) is 2. The molecular formula is C22H25N5O3. The van der Waals surface area contributed by atoms with Crippen molar-refractivity contribution in [2.45, 2.75) is 18.9 Å². The molecule has 0 bridgehead atoms. The molecule has 156 valence electrons. The summed E-state index contributed by atoms with van der Waals surface area (Å²) in [4.78, 5) is 14.2. The number of methoxy groups -OCH3 is 2. The average molecular weight is 407 g/mol. The highest BCUT2D eigenvalue weighted by Crippen LogP contribution is 2.37. The highest BCUT2D eigenvalue weighted by Gasteiger charge is 2.31. The number of para-hydroxylation sites is 1. The minimum atomic E-state index is 0.425. The zero-order chi connectivity index (χ0) is 20.5. The molecule has 0 aliphatic carbocycles. The molecule has 0 amide bonds. The van der Waals surface area contributed by atoms with Gasteiger partial charge in [-0.2, -0.15) is 4.98 Å². The number of hydrogen-bond donors (Lipinski definition) is 0. The molecule has 0 unspecified atom stereocenters. The van der Waals surface area contributed by atoms with Crippen molar-refractivity contribution in [2.24, 2.45) is 0 Å². The smallest absolute Gasteiger partial charge is 0.259 e. The zero-order valence-electron chi connectivity index (χ0n) is 17.2. The molecule has 2 aliphatic heterocycles. The molecule has 4 heterocycles. The van der Waals surface area contributed by atoms with Gasteiger partial charge in [-0.1, -0.05) is 11.2 Å². The van der Waals surface area contributed by atoms with Gasteiger partial charge >= 0.3 is 0 Å². The Labute approximate surface area is 175 Å². The van der Waals surface area contributed by atoms with Crippen LogP contribution in [0.3, 0.4) is 0 Å². The van der Waals surface area contributed by atoms with E-state index in [-0.39, 0.29) is 0 Å². The second kappa shape index (κ2) is 7.95. The maximum absolute atomic E-state index is 5.50. The molecular weight excluding hydrogens is 382 g/mol. The summed E-state index contributed by atoms with van der Waals surface area (Å²) in [6.45, 7) is 4.42. The minimum absolute atomic E-state index is 0.425. The van der Waals surface area contributed by atoms with Crippen LogP contribution in [0.2, 0.25) is 0 Å². The monoisotopic (exact) mass is 407 g/mol. The largest absolute Gasteiger partial charge is 0.493 e. The van der Waals surface area contributed by atoms with Crippen LogP contribution in [0.5, 0.6) is 11.5 Å². The summed E-state index contributed by atoms with van der Waals surface area (Å²) in [5.74, 6) is 3.07. The van der Waals surface area contributed by atoms with Gasteiger partial charge in [0.25, 0.3) is 5.89 Å². The van der Waals surface area contributed by atoms with Crippen LogP contribution in [-0.4, -0.2) is 66.5 Å². The van der Waals surface area contributed by atoms with Gasteiger partial charge in [-0.05, 0) is 43.7 Å². The van der Waals surface area contributed by atoms with E-state index in [2.05, 4.69) is 24.9 Å². The fourth-order valence-corrected chi connectivity index (χ4v) is 4.41. The van der Waals surface area contributed by atoms with Gasteiger partial charge in [-0.25, -0.2) is 4.98 Å². The van der Waals surface area contributed by atoms with E-state index in [4.69, 9.17) is 14.0 Å². The third-order valence-corrected chi connectivity index (χ3v) is 5.98. The summed E-state index contributed by atoms with van der Waals surface area (Å²) in [6.07, 6.45) is 4.39. The number of anilines is 1. The summed E-state index contributed by atoms with van der Waals surface area (Å²) in [5.41, 5.74) is 1.50. The van der Waals surface area contributed by atoms with Gasteiger partial charge in [0.15, 0.2) is 11.5 Å². The second-order valence-corrected chi connectivity index (χ2v) is 7.65. The summed E-state index contributed by atoms with van der Waals surface area (Å²) in [5, 5.41) is 4.13. The standard InChI is InChI=1S/C22H25N5O3/c1-28-18-7-3-6-17(20(18)29-2)21-24-22(30-25-21)15-8-9-19(23-13-15)27-12-11-26-10-4-5-16(26)14-27/h3,6-9,13,16H,4-5,10-12,14H2,1-2H3/t16-/m1/s1. The lowest BCUT2D eigenvalue weighted by Crippen LogP contribution is -2.50. The Morgan fingerprint density at radius 2 is 2.00 bits per heavy atom. The highest BCUT2D eigenvalue weighted by molar-refractivity contribution is 5.69. The highest BCUT2D eigenvalue weighted by atomic mass is 16.5. The van der Waals surface area contributed by atoms with Crippen molar-refractivity contribution in [3.63, 3.8) is 0 Å². The van der Waals surface area contributed by atoms with Gasteiger partial charge in [0, 0.05) is 31.9 Å². The molecule has 0 N–H and O–H groups in total. The number of benzene rings is 1. The predicted molar refractivity (Wildman–Crippen MR) is 113 cm³/mol. The third kappa shape index (κ3) is 3.37. The van der Waals surface area contributed by atoms with Crippen LogP contribution in [0.4, 0.5) is 5.82 Å². The maximum Gasteiger partial charge on any atom is 0.259 e. The topological polar surface area (TPSA) is 76.8 Å². The molecule has 2 fully saturated rings. The van der Waals surface area contributed by atoms with E-state index in [1.54, 1.807) is 20.4 Å². The van der Waals surface area contributed by atoms with Crippen molar-refractivity contribution in [1.29, 1.82) is 0 Å². The predicted octanol–water partition coefficient (Wildman–Crippen LogP) is 3.10. The maximum atomic E-state index is 5.50. The number of aromatic nitrogens is 3. The van der Waals surface area contributed by atoms with Crippen molar-refractivity contribution in [3.05, 3.63) is 36.5 Å². The molecule has 0 spiro atoms. The van der Waals surface area contributed by atoms with Gasteiger partial charge in [0.2, 0.25) is 5.82 Å². The lowest BCUT2D eigenvalue weighted by Gasteiger charge is -2.38. The van der Waals surface area contributed by atoms with Crippen LogP contribution >= 0.6 is 0 Å². The number of nitrogens with zero attached hydrogens (tertiary/aromatic N) is 5. The summed E-state index contributed by atoms with van der Waals surface area (Å²) >= 11 is 0. The van der Waals surface area contributed by atoms with Crippen molar-refractivity contribution in [2.75, 3.05) is 45.3 Å². The van der Waals surface area contributed by atoms with Gasteiger partial charge in [0.05, 0.1) is 25.3 Å². The zero-order valence-corrected chi connectivity index (χ0v) is 17.2. The molecule has 2 aliphatic rings. The molecule has 3 aromatic rings. The number of piperazine rings is 1. The SMILES string of the molecule is COc1cccc(-c2noc(-c3ccc(N4CCN5CCC[C@@H]5C4)nc3)n2)c1OC. The average Bonchev–Trinajstić information content (AvgIpc) is 3.48. The third-order valence-electron chi connectivity index (χ3n) is 5.98. The molecule has 1 atom stereocenters. The van der Waals surface area contributed by atoms with Crippen LogP contribution in [0.15, 0.2) is 41.1 Å². The molecule has 1 aromatic carbocycles. The quantitative estimate of drug-likeness (QED) is 0.639. The van der Waals surface area contributed by atoms with Gasteiger partial charge in [-0.15, -0.1) is 0 Å². The molecule has 8 heteroatoms. The number of pyridine rings is 1. The number of fused-ring (bicyclic) bond motifs is 1. The minimum Gasteiger partial charge on any atom is -0.493 e.